The minimum atomic E-state index is -0.735. The highest BCUT2D eigenvalue weighted by Gasteiger charge is 2.50. The number of carbonyl (C=O) groups excluding carboxylic acids is 1. The van der Waals surface area contributed by atoms with E-state index < -0.39 is 5.60 Å². The Balaban J connectivity index is 1.80. The normalized spacial score (nSPS) is 26.5. The molecule has 154 valence electrons. The molecular formula is C24H29NO4. The summed E-state index contributed by atoms with van der Waals surface area (Å²) in [6.45, 7) is 0.528. The van der Waals surface area contributed by atoms with Crippen LogP contribution in [0.3, 0.4) is 0 Å². The van der Waals surface area contributed by atoms with Crippen molar-refractivity contribution in [3.05, 3.63) is 59.7 Å². The molecule has 29 heavy (non-hydrogen) atoms. The van der Waals surface area contributed by atoms with Crippen LogP contribution in [0.1, 0.15) is 54.1 Å². The Morgan fingerprint density at radius 2 is 1.86 bits per heavy atom. The first-order chi connectivity index (χ1) is 14.1. The van der Waals surface area contributed by atoms with Crippen LogP contribution in [-0.2, 0) is 0 Å². The average molecular weight is 395 g/mol. The van der Waals surface area contributed by atoms with Gasteiger partial charge in [-0.3, -0.25) is 4.79 Å². The van der Waals surface area contributed by atoms with E-state index in [0.29, 0.717) is 30.0 Å². The molecule has 0 unspecified atom stereocenters. The molecule has 2 fully saturated rings. The van der Waals surface area contributed by atoms with Crippen molar-refractivity contribution in [1.82, 2.24) is 4.90 Å². The van der Waals surface area contributed by atoms with Crippen molar-refractivity contribution in [2.45, 2.75) is 43.7 Å². The molecular weight excluding hydrogens is 366 g/mol. The smallest absolute Gasteiger partial charge is 0.254 e. The zero-order valence-electron chi connectivity index (χ0n) is 17.1. The SMILES string of the molecule is COc1ccc([C@@H]2[C@@H]3CCCC[C@@]3(O)CCN2C(=O)c2ccccc2)c(OC)c1. The highest BCUT2D eigenvalue weighted by Crippen LogP contribution is 2.51. The van der Waals surface area contributed by atoms with Crippen LogP contribution in [0.15, 0.2) is 48.5 Å². The lowest BCUT2D eigenvalue weighted by molar-refractivity contribution is -0.115. The van der Waals surface area contributed by atoms with E-state index >= 15 is 0 Å². The van der Waals surface area contributed by atoms with Crippen LogP contribution in [0.2, 0.25) is 0 Å². The van der Waals surface area contributed by atoms with Crippen molar-refractivity contribution in [3.63, 3.8) is 0 Å². The van der Waals surface area contributed by atoms with Crippen LogP contribution < -0.4 is 9.47 Å². The Hall–Kier alpha value is -2.53. The maximum atomic E-state index is 13.5. The molecule has 1 aliphatic heterocycles. The van der Waals surface area contributed by atoms with E-state index in [1.807, 2.05) is 53.4 Å². The standard InChI is InChI=1S/C24H29NO4/c1-28-18-11-12-19(21(16-18)29-2)22-20-10-6-7-13-24(20,27)14-15-25(22)23(26)17-8-4-3-5-9-17/h3-5,8-9,11-12,16,20,22,27H,6-7,10,13-15H2,1-2H3/t20-,22+,24+/m0/s1. The van der Waals surface area contributed by atoms with Gasteiger partial charge in [0.25, 0.3) is 5.91 Å². The number of nitrogens with zero attached hydrogens (tertiary/aromatic N) is 1. The highest BCUT2D eigenvalue weighted by atomic mass is 16.5. The van der Waals surface area contributed by atoms with Crippen LogP contribution in [0.5, 0.6) is 11.5 Å². The van der Waals surface area contributed by atoms with Crippen molar-refractivity contribution in [2.24, 2.45) is 5.92 Å². The number of fused-ring (bicyclic) bond motifs is 1. The van der Waals surface area contributed by atoms with Gasteiger partial charge in [0, 0.05) is 29.7 Å². The fraction of sp³-hybridized carbons (Fsp3) is 0.458. The van der Waals surface area contributed by atoms with Gasteiger partial charge in [-0.2, -0.15) is 0 Å². The quantitative estimate of drug-likeness (QED) is 0.842. The predicted octanol–water partition coefficient (Wildman–Crippen LogP) is 4.21. The van der Waals surface area contributed by atoms with Gasteiger partial charge in [0.15, 0.2) is 0 Å². The molecule has 1 saturated heterocycles. The summed E-state index contributed by atoms with van der Waals surface area (Å²) < 4.78 is 11.0. The van der Waals surface area contributed by atoms with Gasteiger partial charge in [-0.25, -0.2) is 0 Å². The van der Waals surface area contributed by atoms with Crippen molar-refractivity contribution in [3.8, 4) is 11.5 Å². The van der Waals surface area contributed by atoms with Gasteiger partial charge in [0.2, 0.25) is 0 Å². The Bertz CT molecular complexity index is 868. The summed E-state index contributed by atoms with van der Waals surface area (Å²) in [6, 6.07) is 14.9. The molecule has 1 amide bonds. The molecule has 2 aliphatic rings. The lowest BCUT2D eigenvalue weighted by Crippen LogP contribution is -2.56. The number of piperidine rings is 1. The lowest BCUT2D eigenvalue weighted by Gasteiger charge is -2.52. The fourth-order valence-corrected chi connectivity index (χ4v) is 5.10. The molecule has 1 saturated carbocycles. The minimum absolute atomic E-state index is 0.00101. The summed E-state index contributed by atoms with van der Waals surface area (Å²) in [6.07, 6.45) is 4.40. The molecule has 0 spiro atoms. The van der Waals surface area contributed by atoms with Crippen LogP contribution in [0.25, 0.3) is 0 Å². The van der Waals surface area contributed by atoms with E-state index in [0.717, 1.165) is 31.2 Å². The van der Waals surface area contributed by atoms with Crippen LogP contribution in [-0.4, -0.2) is 42.3 Å². The maximum absolute atomic E-state index is 13.5. The molecule has 1 N–H and O–H groups in total. The van der Waals surface area contributed by atoms with E-state index in [1.54, 1.807) is 14.2 Å². The third-order valence-corrected chi connectivity index (χ3v) is 6.61. The Labute approximate surface area is 172 Å². The van der Waals surface area contributed by atoms with E-state index in [9.17, 15) is 9.90 Å². The van der Waals surface area contributed by atoms with Gasteiger partial charge in [-0.05, 0) is 43.5 Å². The van der Waals surface area contributed by atoms with Crippen LogP contribution in [0.4, 0.5) is 0 Å². The number of hydrogen-bond acceptors (Lipinski definition) is 4. The number of benzene rings is 2. The number of hydrogen-bond donors (Lipinski definition) is 1. The first kappa shape index (κ1) is 19.8. The predicted molar refractivity (Wildman–Crippen MR) is 111 cm³/mol. The molecule has 4 rings (SSSR count). The summed E-state index contributed by atoms with van der Waals surface area (Å²) >= 11 is 0. The molecule has 1 heterocycles. The van der Waals surface area contributed by atoms with Crippen molar-refractivity contribution >= 4 is 5.91 Å². The first-order valence-electron chi connectivity index (χ1n) is 10.4. The number of methoxy groups -OCH3 is 2. The average Bonchev–Trinajstić information content (AvgIpc) is 2.77. The van der Waals surface area contributed by atoms with Crippen molar-refractivity contribution in [2.75, 3.05) is 20.8 Å². The molecule has 0 bridgehead atoms. The lowest BCUT2D eigenvalue weighted by atomic mass is 9.66. The molecule has 3 atom stereocenters. The van der Waals surface area contributed by atoms with E-state index in [2.05, 4.69) is 0 Å². The van der Waals surface area contributed by atoms with Gasteiger partial charge in [-0.15, -0.1) is 0 Å². The number of amides is 1. The molecule has 5 heteroatoms. The van der Waals surface area contributed by atoms with Gasteiger partial charge < -0.3 is 19.5 Å². The molecule has 0 radical (unpaired) electrons. The number of rotatable bonds is 4. The third-order valence-electron chi connectivity index (χ3n) is 6.61. The zero-order chi connectivity index (χ0) is 20.4. The van der Waals surface area contributed by atoms with Crippen LogP contribution >= 0.6 is 0 Å². The number of likely N-dealkylation sites (tertiary alicyclic amines) is 1. The zero-order valence-corrected chi connectivity index (χ0v) is 17.1. The third kappa shape index (κ3) is 3.60. The summed E-state index contributed by atoms with van der Waals surface area (Å²) in [5.41, 5.74) is 0.871. The summed E-state index contributed by atoms with van der Waals surface area (Å²) in [4.78, 5) is 15.4. The van der Waals surface area contributed by atoms with Gasteiger partial charge >= 0.3 is 0 Å². The monoisotopic (exact) mass is 395 g/mol. The number of aliphatic hydroxyl groups is 1. The second kappa shape index (κ2) is 8.07. The maximum Gasteiger partial charge on any atom is 0.254 e. The Morgan fingerprint density at radius 3 is 2.59 bits per heavy atom. The second-order valence-electron chi connectivity index (χ2n) is 8.12. The van der Waals surface area contributed by atoms with E-state index in [4.69, 9.17) is 9.47 Å². The van der Waals surface area contributed by atoms with E-state index in [1.165, 1.54) is 0 Å². The molecule has 1 aliphatic carbocycles. The summed E-state index contributed by atoms with van der Waals surface area (Å²) in [5.74, 6) is 1.39. The van der Waals surface area contributed by atoms with E-state index in [-0.39, 0.29) is 17.9 Å². The Morgan fingerprint density at radius 1 is 1.07 bits per heavy atom. The largest absolute Gasteiger partial charge is 0.497 e. The second-order valence-corrected chi connectivity index (χ2v) is 8.12. The molecule has 2 aromatic rings. The summed E-state index contributed by atoms with van der Waals surface area (Å²) in [5, 5.41) is 11.5. The van der Waals surface area contributed by atoms with Gasteiger partial charge in [-0.1, -0.05) is 31.0 Å². The van der Waals surface area contributed by atoms with Crippen LogP contribution in [0, 0.1) is 5.92 Å². The van der Waals surface area contributed by atoms with Crippen molar-refractivity contribution < 1.29 is 19.4 Å². The number of carbonyl (C=O) groups is 1. The number of ether oxygens (including phenoxy) is 2. The van der Waals surface area contributed by atoms with Crippen molar-refractivity contribution in [1.29, 1.82) is 0 Å². The minimum Gasteiger partial charge on any atom is -0.497 e. The highest BCUT2D eigenvalue weighted by molar-refractivity contribution is 5.94. The topological polar surface area (TPSA) is 59.0 Å². The fourth-order valence-electron chi connectivity index (χ4n) is 5.10. The molecule has 5 nitrogen and oxygen atoms in total. The molecule has 0 aromatic heterocycles. The Kier molecular flexibility index (Phi) is 5.50. The molecule has 2 aromatic carbocycles. The van der Waals surface area contributed by atoms with Gasteiger partial charge in [0.1, 0.15) is 11.5 Å². The summed E-state index contributed by atoms with van der Waals surface area (Å²) in [7, 11) is 3.26. The first-order valence-corrected chi connectivity index (χ1v) is 10.4. The van der Waals surface area contributed by atoms with Gasteiger partial charge in [0.05, 0.1) is 25.9 Å².